The van der Waals surface area contributed by atoms with E-state index in [1.165, 1.54) is 0 Å². The van der Waals surface area contributed by atoms with Gasteiger partial charge in [0.2, 0.25) is 5.95 Å². The van der Waals surface area contributed by atoms with Crippen molar-refractivity contribution in [1.29, 1.82) is 0 Å². The molecule has 3 aromatic rings. The first-order valence-electron chi connectivity index (χ1n) is 10.7. The summed E-state index contributed by atoms with van der Waals surface area (Å²) in [6.45, 7) is 8.46. The fourth-order valence-electron chi connectivity index (χ4n) is 3.20. The van der Waals surface area contributed by atoms with Crippen molar-refractivity contribution in [3.05, 3.63) is 71.4 Å². The van der Waals surface area contributed by atoms with E-state index in [4.69, 9.17) is 0 Å². The first-order valence-corrected chi connectivity index (χ1v) is 10.7. The van der Waals surface area contributed by atoms with E-state index in [2.05, 4.69) is 48.3 Å². The van der Waals surface area contributed by atoms with Gasteiger partial charge in [-0.1, -0.05) is 58.4 Å². The summed E-state index contributed by atoms with van der Waals surface area (Å²) < 4.78 is 40.6. The molecule has 32 heavy (non-hydrogen) atoms. The third-order valence-electron chi connectivity index (χ3n) is 5.14. The summed E-state index contributed by atoms with van der Waals surface area (Å²) in [4.78, 5) is 8.00. The van der Waals surface area contributed by atoms with Gasteiger partial charge in [0.25, 0.3) is 0 Å². The molecule has 0 atom stereocenters. The molecule has 0 spiro atoms. The Labute approximate surface area is 187 Å². The monoisotopic (exact) mass is 442 g/mol. The van der Waals surface area contributed by atoms with Crippen LogP contribution in [0.15, 0.2) is 54.7 Å². The lowest BCUT2D eigenvalue weighted by Gasteiger charge is -2.19. The van der Waals surface area contributed by atoms with E-state index in [0.29, 0.717) is 11.4 Å². The van der Waals surface area contributed by atoms with Gasteiger partial charge in [-0.15, -0.1) is 0 Å². The van der Waals surface area contributed by atoms with E-state index >= 15 is 0 Å². The zero-order valence-electron chi connectivity index (χ0n) is 18.8. The standard InChI is InChI=1S/C25H29F3N4/c1-5-6-7-17-8-12-19(13-9-17)30-22-21(25(26,27)28)16-29-23(32-22)31-20-14-10-18(11-15-20)24(2,3)4/h8-16H,5-7H2,1-4H3,(H2,29,30,31,32). The maximum Gasteiger partial charge on any atom is 0.421 e. The Morgan fingerprint density at radius 3 is 2.00 bits per heavy atom. The molecule has 0 saturated heterocycles. The number of halogens is 3. The molecule has 0 aliphatic carbocycles. The molecule has 0 unspecified atom stereocenters. The Hall–Kier alpha value is -3.09. The zero-order valence-corrected chi connectivity index (χ0v) is 18.8. The number of aryl methyl sites for hydroxylation is 1. The first kappa shape index (κ1) is 23.6. The van der Waals surface area contributed by atoms with Crippen LogP contribution in [0.3, 0.4) is 0 Å². The number of alkyl halides is 3. The number of aromatic nitrogens is 2. The largest absolute Gasteiger partial charge is 0.421 e. The van der Waals surface area contributed by atoms with Gasteiger partial charge in [0.05, 0.1) is 0 Å². The molecule has 4 nitrogen and oxygen atoms in total. The Kier molecular flexibility index (Phi) is 7.06. The fraction of sp³-hybridized carbons (Fsp3) is 0.360. The van der Waals surface area contributed by atoms with Gasteiger partial charge in [0.1, 0.15) is 11.4 Å². The normalized spacial score (nSPS) is 12.0. The predicted octanol–water partition coefficient (Wildman–Crippen LogP) is 7.62. The lowest BCUT2D eigenvalue weighted by atomic mass is 9.87. The maximum absolute atomic E-state index is 13.5. The topological polar surface area (TPSA) is 49.8 Å². The summed E-state index contributed by atoms with van der Waals surface area (Å²) in [5.74, 6) is -0.203. The van der Waals surface area contributed by atoms with Gasteiger partial charge in [-0.2, -0.15) is 18.2 Å². The van der Waals surface area contributed by atoms with Gasteiger partial charge >= 0.3 is 6.18 Å². The van der Waals surface area contributed by atoms with Crippen molar-refractivity contribution >= 4 is 23.1 Å². The minimum atomic E-state index is -4.57. The van der Waals surface area contributed by atoms with Crippen LogP contribution < -0.4 is 10.6 Å². The van der Waals surface area contributed by atoms with Gasteiger partial charge in [-0.25, -0.2) is 4.98 Å². The van der Waals surface area contributed by atoms with Crippen molar-refractivity contribution < 1.29 is 13.2 Å². The SMILES string of the molecule is CCCCc1ccc(Nc2nc(Nc3ccc(C(C)(C)C)cc3)ncc2C(F)(F)F)cc1. The highest BCUT2D eigenvalue weighted by Gasteiger charge is 2.35. The minimum Gasteiger partial charge on any atom is -0.340 e. The molecule has 0 fully saturated rings. The molecule has 7 heteroatoms. The van der Waals surface area contributed by atoms with Crippen LogP contribution in [0.2, 0.25) is 0 Å². The number of nitrogens with one attached hydrogen (secondary N) is 2. The maximum atomic E-state index is 13.5. The second-order valence-electron chi connectivity index (χ2n) is 8.83. The van der Waals surface area contributed by atoms with Crippen LogP contribution >= 0.6 is 0 Å². The van der Waals surface area contributed by atoms with E-state index in [0.717, 1.165) is 36.6 Å². The molecule has 0 bridgehead atoms. The van der Waals surface area contributed by atoms with Crippen LogP contribution in [-0.2, 0) is 18.0 Å². The number of hydrogen-bond donors (Lipinski definition) is 2. The van der Waals surface area contributed by atoms with Gasteiger partial charge in [0, 0.05) is 17.6 Å². The van der Waals surface area contributed by atoms with Crippen molar-refractivity contribution in [2.75, 3.05) is 10.6 Å². The molecule has 0 radical (unpaired) electrons. The fourth-order valence-corrected chi connectivity index (χ4v) is 3.20. The Morgan fingerprint density at radius 2 is 1.44 bits per heavy atom. The molecule has 170 valence electrons. The number of hydrogen-bond acceptors (Lipinski definition) is 4. The molecule has 0 saturated carbocycles. The number of unbranched alkanes of at least 4 members (excludes halogenated alkanes) is 1. The second-order valence-corrected chi connectivity index (χ2v) is 8.83. The summed E-state index contributed by atoms with van der Waals surface area (Å²) in [7, 11) is 0. The second kappa shape index (κ2) is 9.59. The van der Waals surface area contributed by atoms with Crippen molar-refractivity contribution in [1.82, 2.24) is 9.97 Å². The summed E-state index contributed by atoms with van der Waals surface area (Å²) in [5, 5.41) is 5.80. The van der Waals surface area contributed by atoms with Crippen LogP contribution in [0.1, 0.15) is 57.2 Å². The number of anilines is 4. The Balaban J connectivity index is 1.83. The molecule has 2 N–H and O–H groups in total. The van der Waals surface area contributed by atoms with E-state index in [1.807, 2.05) is 36.4 Å². The summed E-state index contributed by atoms with van der Waals surface area (Å²) in [5.41, 5.74) is 2.63. The third kappa shape index (κ3) is 6.22. The minimum absolute atomic E-state index is 0.00651. The van der Waals surface area contributed by atoms with E-state index in [9.17, 15) is 13.2 Å². The van der Waals surface area contributed by atoms with Gasteiger partial charge < -0.3 is 10.6 Å². The van der Waals surface area contributed by atoms with Gasteiger partial charge in [0.15, 0.2) is 0 Å². The highest BCUT2D eigenvalue weighted by atomic mass is 19.4. The van der Waals surface area contributed by atoms with Crippen LogP contribution in [-0.4, -0.2) is 9.97 Å². The van der Waals surface area contributed by atoms with Crippen LogP contribution in [0, 0.1) is 0 Å². The van der Waals surface area contributed by atoms with Crippen LogP contribution in [0.25, 0.3) is 0 Å². The summed E-state index contributed by atoms with van der Waals surface area (Å²) in [6.07, 6.45) is -0.666. The lowest BCUT2D eigenvalue weighted by molar-refractivity contribution is -0.137. The van der Waals surface area contributed by atoms with Crippen molar-refractivity contribution in [3.63, 3.8) is 0 Å². The molecular weight excluding hydrogens is 413 g/mol. The Morgan fingerprint density at radius 1 is 0.844 bits per heavy atom. The smallest absolute Gasteiger partial charge is 0.340 e. The molecule has 0 aliphatic rings. The van der Waals surface area contributed by atoms with Crippen molar-refractivity contribution in [2.45, 2.75) is 58.5 Å². The average molecular weight is 443 g/mol. The molecule has 1 heterocycles. The van der Waals surface area contributed by atoms with Gasteiger partial charge in [-0.3, -0.25) is 0 Å². The predicted molar refractivity (Wildman–Crippen MR) is 124 cm³/mol. The van der Waals surface area contributed by atoms with E-state index in [1.54, 1.807) is 12.1 Å². The average Bonchev–Trinajstić information content (AvgIpc) is 2.72. The van der Waals surface area contributed by atoms with Crippen molar-refractivity contribution in [2.24, 2.45) is 0 Å². The van der Waals surface area contributed by atoms with E-state index in [-0.39, 0.29) is 17.2 Å². The number of nitrogens with zero attached hydrogens (tertiary/aromatic N) is 2. The van der Waals surface area contributed by atoms with Crippen molar-refractivity contribution in [3.8, 4) is 0 Å². The summed E-state index contributed by atoms with van der Waals surface area (Å²) in [6, 6.07) is 15.1. The number of benzene rings is 2. The van der Waals surface area contributed by atoms with Crippen LogP contribution in [0.4, 0.5) is 36.3 Å². The molecular formula is C25H29F3N4. The number of rotatable bonds is 7. The highest BCUT2D eigenvalue weighted by molar-refractivity contribution is 5.63. The van der Waals surface area contributed by atoms with Crippen LogP contribution in [0.5, 0.6) is 0 Å². The van der Waals surface area contributed by atoms with E-state index < -0.39 is 11.7 Å². The zero-order chi connectivity index (χ0) is 23.4. The molecule has 1 aromatic heterocycles. The molecule has 0 aliphatic heterocycles. The molecule has 3 rings (SSSR count). The van der Waals surface area contributed by atoms with Gasteiger partial charge in [-0.05, 0) is 53.6 Å². The summed E-state index contributed by atoms with van der Waals surface area (Å²) >= 11 is 0. The highest BCUT2D eigenvalue weighted by Crippen LogP contribution is 2.35. The molecule has 2 aromatic carbocycles. The lowest BCUT2D eigenvalue weighted by Crippen LogP contribution is -2.13. The molecule has 0 amide bonds. The Bertz CT molecular complexity index is 1020. The third-order valence-corrected chi connectivity index (χ3v) is 5.14. The first-order chi connectivity index (χ1) is 15.1. The quantitative estimate of drug-likeness (QED) is 0.395.